The molecule has 102 heavy (non-hydrogen) atoms. The summed E-state index contributed by atoms with van der Waals surface area (Å²) in [5.74, 6) is -4.27. The summed E-state index contributed by atoms with van der Waals surface area (Å²) in [5.41, 5.74) is 15.4. The predicted octanol–water partition coefficient (Wildman–Crippen LogP) is 12.2. The number of amides is 6. The van der Waals surface area contributed by atoms with Crippen LogP contribution in [0.5, 0.6) is 0 Å². The van der Waals surface area contributed by atoms with Gasteiger partial charge in [0.2, 0.25) is 35.4 Å². The lowest BCUT2D eigenvalue weighted by molar-refractivity contribution is -0.140. The highest BCUT2D eigenvalue weighted by molar-refractivity contribution is 7.14. The molecule has 536 valence electrons. The Balaban J connectivity index is 0.715. The zero-order valence-corrected chi connectivity index (χ0v) is 63.7. The van der Waals surface area contributed by atoms with Crippen LogP contribution in [0.2, 0.25) is 0 Å². The standard InChI is InChI=1S/C75H86N12O9S6/c1-40(2)62(58-36-97-46(10)83-58)73(92)86-31-55(24-60(86)69(90)77-27-48-13-19-51(20-14-48)66-44(8)81-38-100-66)95-33-53-35-98-72(84-53)64(42(5)6)75(94)87-32-56(25-61(87)70(91)78-28-49-15-21-52(22-16-49)67-45(9)82-39-101-67)96-34-57-29-79-71(102-57)63(41(3)4)74(93)85-30-54(88)23-59(85)68(89)76-26-47-11-17-50(18-12-47)65-43(7)80-37-99-65/h11-22,29,35-42,54-56,59-64,88H,23-28,30-34H2,1-10H3,(H,76,89)(H,77,90)(H,78,91)/t54-,55-,56-,59+,60+,61+,62-,63-,64-/m1/s1. The van der Waals surface area contributed by atoms with Crippen LogP contribution in [0.4, 0.5) is 0 Å². The Kier molecular flexibility index (Phi) is 23.8. The molecular formula is C75H86N12O9S6. The van der Waals surface area contributed by atoms with E-state index in [-0.39, 0.29) is 125 Å². The summed E-state index contributed by atoms with van der Waals surface area (Å²) in [5, 5.41) is 26.0. The molecule has 0 saturated carbocycles. The lowest BCUT2D eigenvalue weighted by Gasteiger charge is -2.29. The number of nitrogens with one attached hydrogen (secondary N) is 3. The fraction of sp³-hybridized carbons (Fsp3) is 0.440. The maximum absolute atomic E-state index is 15.4. The number of rotatable bonds is 27. The van der Waals surface area contributed by atoms with Gasteiger partial charge in [0.1, 0.15) is 28.1 Å². The number of hydrogen-bond acceptors (Lipinski definition) is 21. The van der Waals surface area contributed by atoms with Gasteiger partial charge in [-0.3, -0.25) is 28.8 Å². The first-order valence-corrected chi connectivity index (χ1v) is 39.7. The minimum atomic E-state index is -0.891. The smallest absolute Gasteiger partial charge is 0.243 e. The second-order valence-corrected chi connectivity index (χ2v) is 33.3. The topological polar surface area (TPSA) is 264 Å². The van der Waals surface area contributed by atoms with Crippen LogP contribution in [-0.2, 0) is 71.1 Å². The first-order chi connectivity index (χ1) is 49.0. The van der Waals surface area contributed by atoms with E-state index in [4.69, 9.17) is 24.4 Å². The van der Waals surface area contributed by atoms with E-state index in [2.05, 4.69) is 30.9 Å². The summed E-state index contributed by atoms with van der Waals surface area (Å²) in [7, 11) is 0. The Bertz CT molecular complexity index is 4410. The lowest BCUT2D eigenvalue weighted by atomic mass is 9.91. The van der Waals surface area contributed by atoms with Crippen molar-refractivity contribution in [2.24, 2.45) is 17.8 Å². The van der Waals surface area contributed by atoms with Crippen molar-refractivity contribution in [3.05, 3.63) is 171 Å². The third kappa shape index (κ3) is 17.0. The van der Waals surface area contributed by atoms with Crippen molar-refractivity contribution in [1.82, 2.24) is 60.6 Å². The van der Waals surface area contributed by atoms with Gasteiger partial charge in [0, 0.05) is 75.5 Å². The van der Waals surface area contributed by atoms with Crippen LogP contribution in [0.15, 0.2) is 106 Å². The van der Waals surface area contributed by atoms with Crippen LogP contribution in [-0.4, -0.2) is 141 Å². The van der Waals surface area contributed by atoms with E-state index in [1.54, 1.807) is 50.0 Å². The summed E-state index contributed by atoms with van der Waals surface area (Å²) >= 11 is 8.90. The van der Waals surface area contributed by atoms with E-state index < -0.39 is 54.2 Å². The van der Waals surface area contributed by atoms with Crippen molar-refractivity contribution >= 4 is 103 Å². The molecule has 27 heteroatoms. The number of carbonyl (C=O) groups is 6. The van der Waals surface area contributed by atoms with Crippen LogP contribution in [0.3, 0.4) is 0 Å². The molecule has 6 aromatic heterocycles. The highest BCUT2D eigenvalue weighted by atomic mass is 32.1. The van der Waals surface area contributed by atoms with Crippen molar-refractivity contribution in [1.29, 1.82) is 0 Å². The van der Waals surface area contributed by atoms with Crippen LogP contribution in [0.25, 0.3) is 31.3 Å². The molecule has 0 spiro atoms. The second kappa shape index (κ2) is 32.9. The number of aromatic nitrogens is 6. The molecule has 0 bridgehead atoms. The Hall–Kier alpha value is -7.86. The normalized spacial score (nSPS) is 19.3. The van der Waals surface area contributed by atoms with Crippen LogP contribution in [0.1, 0.15) is 144 Å². The van der Waals surface area contributed by atoms with Gasteiger partial charge in [0.15, 0.2) is 0 Å². The van der Waals surface area contributed by atoms with Crippen molar-refractivity contribution in [3.8, 4) is 31.3 Å². The molecule has 3 aliphatic rings. The Labute approximate surface area is 618 Å². The molecule has 21 nitrogen and oxygen atoms in total. The number of carbonyl (C=O) groups excluding carboxylic acids is 6. The first-order valence-electron chi connectivity index (χ1n) is 34.5. The largest absolute Gasteiger partial charge is 0.391 e. The minimum absolute atomic E-state index is 0.0135. The molecule has 3 saturated heterocycles. The van der Waals surface area contributed by atoms with E-state index in [0.29, 0.717) is 21.4 Å². The fourth-order valence-corrected chi connectivity index (χ4v) is 19.0. The molecule has 3 fully saturated rings. The Morgan fingerprint density at radius 3 is 1.31 bits per heavy atom. The highest BCUT2D eigenvalue weighted by Crippen LogP contribution is 2.39. The average Bonchev–Trinajstić information content (AvgIpc) is 1.65. The number of likely N-dealkylation sites (tertiary alicyclic amines) is 3. The maximum atomic E-state index is 15.4. The molecule has 6 amide bonds. The summed E-state index contributed by atoms with van der Waals surface area (Å²) in [6.07, 6.45) is 0.314. The first kappa shape index (κ1) is 73.9. The zero-order valence-electron chi connectivity index (χ0n) is 58.8. The van der Waals surface area contributed by atoms with E-state index in [9.17, 15) is 29.1 Å². The predicted molar refractivity (Wildman–Crippen MR) is 400 cm³/mol. The quantitative estimate of drug-likeness (QED) is 0.0373. The molecule has 0 radical (unpaired) electrons. The number of aryl methyl sites for hydroxylation is 4. The van der Waals surface area contributed by atoms with Gasteiger partial charge in [-0.25, -0.2) is 29.9 Å². The molecule has 0 aliphatic carbocycles. The van der Waals surface area contributed by atoms with Gasteiger partial charge >= 0.3 is 0 Å². The summed E-state index contributed by atoms with van der Waals surface area (Å²) in [4.78, 5) is 124. The van der Waals surface area contributed by atoms with Crippen LogP contribution >= 0.6 is 68.0 Å². The monoisotopic (exact) mass is 1490 g/mol. The molecule has 3 aromatic carbocycles. The molecule has 12 rings (SSSR count). The molecule has 0 unspecified atom stereocenters. The number of ether oxygens (including phenoxy) is 2. The van der Waals surface area contributed by atoms with Gasteiger partial charge in [-0.2, -0.15) is 0 Å². The number of benzene rings is 3. The average molecular weight is 1490 g/mol. The number of thiazole rings is 6. The number of hydrogen-bond donors (Lipinski definition) is 4. The van der Waals surface area contributed by atoms with Gasteiger partial charge in [0.25, 0.3) is 0 Å². The summed E-state index contributed by atoms with van der Waals surface area (Å²) in [6, 6.07) is 21.4. The van der Waals surface area contributed by atoms with Crippen LogP contribution in [0, 0.1) is 45.4 Å². The Morgan fingerprint density at radius 1 is 0.490 bits per heavy atom. The van der Waals surface area contributed by atoms with E-state index in [1.165, 1.54) is 38.9 Å². The number of aliphatic hydroxyl groups excluding tert-OH is 1. The van der Waals surface area contributed by atoms with E-state index >= 15 is 4.79 Å². The van der Waals surface area contributed by atoms with E-state index in [1.807, 2.05) is 169 Å². The minimum Gasteiger partial charge on any atom is -0.391 e. The molecule has 9 atom stereocenters. The van der Waals surface area contributed by atoms with Crippen molar-refractivity contribution in [2.75, 3.05) is 19.6 Å². The summed E-state index contributed by atoms with van der Waals surface area (Å²) < 4.78 is 13.2. The molecule has 3 aliphatic heterocycles. The number of β-amino-alcohol motifs (C(OH)–C–C–N with tert-alkyl or cyclic N) is 1. The van der Waals surface area contributed by atoms with Gasteiger partial charge in [-0.05, 0) is 78.8 Å². The number of nitrogens with zero attached hydrogens (tertiary/aromatic N) is 9. The summed E-state index contributed by atoms with van der Waals surface area (Å²) in [6.45, 7) is 20.8. The van der Waals surface area contributed by atoms with Crippen LogP contribution < -0.4 is 16.0 Å². The zero-order chi connectivity index (χ0) is 72.0. The van der Waals surface area contributed by atoms with Crippen molar-refractivity contribution in [2.45, 2.75) is 176 Å². The lowest BCUT2D eigenvalue weighted by Crippen LogP contribution is -2.48. The molecular weight excluding hydrogens is 1410 g/mol. The third-order valence-corrected chi connectivity index (χ3v) is 25.0. The fourth-order valence-electron chi connectivity index (χ4n) is 13.7. The van der Waals surface area contributed by atoms with Gasteiger partial charge < -0.3 is 45.2 Å². The molecule has 9 heterocycles. The highest BCUT2D eigenvalue weighted by Gasteiger charge is 2.47. The van der Waals surface area contributed by atoms with Gasteiger partial charge in [0.05, 0.1) is 119 Å². The maximum Gasteiger partial charge on any atom is 0.243 e. The number of aliphatic hydroxyl groups is 1. The van der Waals surface area contributed by atoms with Gasteiger partial charge in [-0.1, -0.05) is 114 Å². The molecule has 4 N–H and O–H groups in total. The van der Waals surface area contributed by atoms with Gasteiger partial charge in [-0.15, -0.1) is 68.0 Å². The van der Waals surface area contributed by atoms with E-state index in [0.717, 1.165) is 75.0 Å². The van der Waals surface area contributed by atoms with Crippen molar-refractivity contribution in [3.63, 3.8) is 0 Å². The van der Waals surface area contributed by atoms with Crippen molar-refractivity contribution < 1.29 is 43.3 Å². The Morgan fingerprint density at radius 2 is 0.902 bits per heavy atom. The SMILES string of the molecule is Cc1nc([C@H](C(=O)N2C[C@H](OCc3csc([C@H](C(=O)N4C[C@H](OCc5cnc([C@H](C(=O)N6C[C@H](O)C[C@H]6C(=O)NCc6ccc(-c7scnc7C)cc6)C(C)C)s5)C[C@H]4C(=O)NCc4ccc(-c5scnc5C)cc4)C(C)C)n3)C[C@H]2C(=O)NCc2ccc(-c3scnc3C)cc2)C(C)C)cs1. The third-order valence-electron chi connectivity index (χ3n) is 19.2. The second-order valence-electron chi connectivity index (χ2n) is 27.6. The molecule has 9 aromatic rings.